The molecule has 3 heterocycles. The molecule has 0 aliphatic heterocycles. The van der Waals surface area contributed by atoms with E-state index in [2.05, 4.69) is 37.1 Å². The molecule has 1 aromatic carbocycles. The first kappa shape index (κ1) is 21.6. The molecule has 4 aromatic rings. The predicted molar refractivity (Wildman–Crippen MR) is 128 cm³/mol. The average molecular weight is 462 g/mol. The lowest BCUT2D eigenvalue weighted by Gasteiger charge is -2.36. The third-order valence-corrected chi connectivity index (χ3v) is 8.09. The number of rotatable bonds is 5. The molecule has 0 saturated carbocycles. The van der Waals surface area contributed by atoms with Crippen molar-refractivity contribution in [1.82, 2.24) is 10.3 Å². The highest BCUT2D eigenvalue weighted by atomic mass is 32.1. The SMILES string of the molecule is CCC(C)(C)C1CCc2nc3sc(/C([O-])=N/c4c[n+](-c5ccccc5)no4)c(N)c3cc2C1. The van der Waals surface area contributed by atoms with Gasteiger partial charge in [-0.2, -0.15) is 0 Å². The van der Waals surface area contributed by atoms with Crippen LogP contribution in [0.2, 0.25) is 0 Å². The Labute approximate surface area is 196 Å². The molecule has 3 aromatic heterocycles. The molecule has 1 aliphatic carbocycles. The molecule has 33 heavy (non-hydrogen) atoms. The van der Waals surface area contributed by atoms with Crippen LogP contribution in [0.5, 0.6) is 0 Å². The Hall–Kier alpha value is -3.26. The summed E-state index contributed by atoms with van der Waals surface area (Å²) in [5.74, 6) is 0.292. The van der Waals surface area contributed by atoms with Gasteiger partial charge in [-0.15, -0.1) is 11.3 Å². The lowest BCUT2D eigenvalue weighted by atomic mass is 9.69. The minimum atomic E-state index is -0.449. The van der Waals surface area contributed by atoms with E-state index in [1.807, 2.05) is 30.3 Å². The van der Waals surface area contributed by atoms with Crippen LogP contribution >= 0.6 is 11.3 Å². The molecule has 0 bridgehead atoms. The van der Waals surface area contributed by atoms with Crippen molar-refractivity contribution in [2.45, 2.75) is 46.5 Å². The van der Waals surface area contributed by atoms with E-state index in [-0.39, 0.29) is 5.88 Å². The Balaban J connectivity index is 1.46. The molecule has 8 heteroatoms. The maximum atomic E-state index is 12.9. The summed E-state index contributed by atoms with van der Waals surface area (Å²) >= 11 is 1.29. The van der Waals surface area contributed by atoms with E-state index in [1.54, 1.807) is 6.20 Å². The number of hydrogen-bond donors (Lipinski definition) is 1. The van der Waals surface area contributed by atoms with Crippen molar-refractivity contribution in [3.05, 3.63) is 58.7 Å². The van der Waals surface area contributed by atoms with Crippen LogP contribution in [0.4, 0.5) is 11.6 Å². The maximum absolute atomic E-state index is 12.9. The molecule has 1 aliphatic rings. The number of hydrogen-bond acceptors (Lipinski definition) is 7. The molecule has 0 spiro atoms. The molecule has 0 fully saturated rings. The summed E-state index contributed by atoms with van der Waals surface area (Å²) in [5.41, 5.74) is 10.3. The van der Waals surface area contributed by atoms with Crippen LogP contribution < -0.4 is 15.5 Å². The lowest BCUT2D eigenvalue weighted by Crippen LogP contribution is -2.30. The first-order valence-electron chi connectivity index (χ1n) is 11.3. The second kappa shape index (κ2) is 8.26. The Kier molecular flexibility index (Phi) is 5.40. The smallest absolute Gasteiger partial charge is 0.321 e. The van der Waals surface area contributed by atoms with E-state index in [4.69, 9.17) is 15.2 Å². The number of anilines is 1. The van der Waals surface area contributed by atoms with Crippen molar-refractivity contribution in [1.29, 1.82) is 0 Å². The van der Waals surface area contributed by atoms with Crippen LogP contribution in [-0.4, -0.2) is 16.2 Å². The van der Waals surface area contributed by atoms with Crippen LogP contribution in [0.3, 0.4) is 0 Å². The van der Waals surface area contributed by atoms with Crippen LogP contribution in [0.25, 0.3) is 15.9 Å². The van der Waals surface area contributed by atoms with Gasteiger partial charge in [0.05, 0.1) is 10.6 Å². The first-order chi connectivity index (χ1) is 15.9. The molecule has 170 valence electrons. The zero-order valence-electron chi connectivity index (χ0n) is 19.0. The summed E-state index contributed by atoms with van der Waals surface area (Å²) in [6.45, 7) is 6.94. The number of fused-ring (bicyclic) bond motifs is 2. The Morgan fingerprint density at radius 3 is 2.88 bits per heavy atom. The van der Waals surface area contributed by atoms with Gasteiger partial charge in [-0.3, -0.25) is 4.52 Å². The first-order valence-corrected chi connectivity index (χ1v) is 12.1. The van der Waals surface area contributed by atoms with Crippen molar-refractivity contribution in [2.24, 2.45) is 16.3 Å². The van der Waals surface area contributed by atoms with Gasteiger partial charge in [-0.05, 0) is 46.9 Å². The Morgan fingerprint density at radius 2 is 2.12 bits per heavy atom. The molecule has 0 saturated heterocycles. The number of nitrogens with two attached hydrogens (primary N) is 1. The zero-order chi connectivity index (χ0) is 23.2. The standard InChI is InChI=1S/C25H27N5O2S/c1-4-25(2,3)16-10-11-19-15(12-16)13-18-21(26)22(33-24(18)27-19)23(31)28-20-14-30(29-32-20)17-8-6-5-7-9-17/h5-9,13-14,16H,4,10-12H2,1-3H3,(H2-,26,28,29,31). The molecule has 0 amide bonds. The number of pyridine rings is 1. The largest absolute Gasteiger partial charge is 0.857 e. The van der Waals surface area contributed by atoms with Gasteiger partial charge in [0.15, 0.2) is 0 Å². The number of aliphatic imine (C=N–C) groups is 1. The van der Waals surface area contributed by atoms with Gasteiger partial charge in [0.1, 0.15) is 4.83 Å². The van der Waals surface area contributed by atoms with Gasteiger partial charge in [0.25, 0.3) is 6.20 Å². The molecular formula is C25H27N5O2S. The van der Waals surface area contributed by atoms with Crippen LogP contribution in [0, 0.1) is 11.3 Å². The molecular weight excluding hydrogens is 434 g/mol. The Morgan fingerprint density at radius 1 is 1.33 bits per heavy atom. The van der Waals surface area contributed by atoms with Gasteiger partial charge >= 0.3 is 5.88 Å². The van der Waals surface area contributed by atoms with E-state index in [1.165, 1.54) is 21.6 Å². The number of para-hydroxylation sites is 1. The van der Waals surface area contributed by atoms with Gasteiger partial charge in [0.2, 0.25) is 11.0 Å². The minimum Gasteiger partial charge on any atom is -0.857 e. The summed E-state index contributed by atoms with van der Waals surface area (Å²) in [6.07, 6.45) is 5.82. The highest BCUT2D eigenvalue weighted by molar-refractivity contribution is 7.21. The fraction of sp³-hybridized carbons (Fsp3) is 0.360. The monoisotopic (exact) mass is 461 g/mol. The minimum absolute atomic E-state index is 0.123. The third-order valence-electron chi connectivity index (χ3n) is 6.98. The molecule has 7 nitrogen and oxygen atoms in total. The topological polar surface area (TPSA) is 104 Å². The molecule has 2 N–H and O–H groups in total. The second-order valence-electron chi connectivity index (χ2n) is 9.31. The van der Waals surface area contributed by atoms with Crippen LogP contribution in [0.15, 0.2) is 52.1 Å². The number of thiophene rings is 1. The number of nitrogen functional groups attached to an aromatic ring is 1. The van der Waals surface area contributed by atoms with Gasteiger partial charge in [0, 0.05) is 29.1 Å². The third kappa shape index (κ3) is 3.99. The number of aryl methyl sites for hydroxylation is 1. The average Bonchev–Trinajstić information content (AvgIpc) is 3.42. The highest BCUT2D eigenvalue weighted by Crippen LogP contribution is 2.42. The summed E-state index contributed by atoms with van der Waals surface area (Å²) in [6, 6.07) is 11.6. The highest BCUT2D eigenvalue weighted by Gasteiger charge is 2.32. The van der Waals surface area contributed by atoms with E-state index in [0.717, 1.165) is 47.3 Å². The molecule has 0 radical (unpaired) electrons. The Bertz CT molecular complexity index is 1340. The van der Waals surface area contributed by atoms with E-state index in [0.29, 0.717) is 21.9 Å². The van der Waals surface area contributed by atoms with Crippen molar-refractivity contribution in [3.8, 4) is 5.69 Å². The molecule has 1 unspecified atom stereocenters. The van der Waals surface area contributed by atoms with Crippen molar-refractivity contribution in [2.75, 3.05) is 5.73 Å². The number of aromatic nitrogens is 3. The summed E-state index contributed by atoms with van der Waals surface area (Å²) in [4.78, 5) is 10.1. The summed E-state index contributed by atoms with van der Waals surface area (Å²) < 4.78 is 6.77. The number of nitrogens with zero attached hydrogens (tertiary/aromatic N) is 4. The van der Waals surface area contributed by atoms with Crippen molar-refractivity contribution in [3.63, 3.8) is 0 Å². The predicted octanol–water partition coefficient (Wildman–Crippen LogP) is 4.12. The second-order valence-corrected chi connectivity index (χ2v) is 10.3. The molecule has 5 rings (SSSR count). The lowest BCUT2D eigenvalue weighted by molar-refractivity contribution is -0.670. The van der Waals surface area contributed by atoms with Crippen LogP contribution in [0.1, 0.15) is 49.7 Å². The van der Waals surface area contributed by atoms with Gasteiger partial charge < -0.3 is 10.8 Å². The van der Waals surface area contributed by atoms with E-state index >= 15 is 0 Å². The summed E-state index contributed by atoms with van der Waals surface area (Å²) in [5, 5.41) is 17.7. The maximum Gasteiger partial charge on any atom is 0.321 e. The molecule has 1 atom stereocenters. The van der Waals surface area contributed by atoms with Gasteiger partial charge in [-0.1, -0.05) is 45.4 Å². The fourth-order valence-electron chi connectivity index (χ4n) is 4.44. The zero-order valence-corrected chi connectivity index (χ0v) is 19.9. The van der Waals surface area contributed by atoms with Gasteiger partial charge in [-0.25, -0.2) is 9.98 Å². The normalized spacial score (nSPS) is 16.8. The van der Waals surface area contributed by atoms with Crippen molar-refractivity contribution < 1.29 is 14.3 Å². The van der Waals surface area contributed by atoms with Crippen LogP contribution in [-0.2, 0) is 12.8 Å². The van der Waals surface area contributed by atoms with E-state index < -0.39 is 5.90 Å². The summed E-state index contributed by atoms with van der Waals surface area (Å²) in [7, 11) is 0. The quantitative estimate of drug-likeness (QED) is 0.273. The fourth-order valence-corrected chi connectivity index (χ4v) is 5.43. The van der Waals surface area contributed by atoms with Crippen molar-refractivity contribution >= 4 is 39.0 Å². The van der Waals surface area contributed by atoms with E-state index in [9.17, 15) is 5.11 Å². The number of benzene rings is 1.